The monoisotopic (exact) mass is 310 g/mol. The maximum atomic E-state index is 5.64. The average molecular weight is 311 g/mol. The number of nitrogens with two attached hydrogens (primary N) is 1. The van der Waals surface area contributed by atoms with Gasteiger partial charge in [0, 0.05) is 21.2 Å². The van der Waals surface area contributed by atoms with Crippen LogP contribution in [0.15, 0.2) is 40.2 Å². The minimum atomic E-state index is 0.168. The van der Waals surface area contributed by atoms with E-state index in [0.717, 1.165) is 10.9 Å². The van der Waals surface area contributed by atoms with Gasteiger partial charge in [-0.05, 0) is 34.5 Å². The van der Waals surface area contributed by atoms with E-state index in [2.05, 4.69) is 64.0 Å². The summed E-state index contributed by atoms with van der Waals surface area (Å²) in [6.45, 7) is 2.09. The molecule has 90 valence electrons. The van der Waals surface area contributed by atoms with Crippen LogP contribution in [0, 0.1) is 6.92 Å². The van der Waals surface area contributed by atoms with E-state index >= 15 is 0 Å². The Labute approximate surface area is 114 Å². The van der Waals surface area contributed by atoms with Crippen molar-refractivity contribution in [3.05, 3.63) is 56.2 Å². The first kappa shape index (κ1) is 12.8. The molecule has 17 heavy (non-hydrogen) atoms. The molecule has 3 N–H and O–H groups in total. The van der Waals surface area contributed by atoms with Crippen LogP contribution >= 0.6 is 27.3 Å². The lowest BCUT2D eigenvalue weighted by molar-refractivity contribution is 0.555. The van der Waals surface area contributed by atoms with E-state index in [4.69, 9.17) is 5.84 Å². The van der Waals surface area contributed by atoms with Gasteiger partial charge in [-0.15, -0.1) is 11.3 Å². The first-order valence-corrected chi connectivity index (χ1v) is 7.12. The number of hydrazine groups is 1. The second kappa shape index (κ2) is 5.78. The third kappa shape index (κ3) is 3.39. The largest absolute Gasteiger partial charge is 0.271 e. The molecule has 0 spiro atoms. The standard InChI is InChI=1S/C13H15BrN2S/c1-9-2-4-10(5-3-9)13(16-15)7-12-6-11(14)8-17-12/h2-6,8,13,16H,7,15H2,1H3. The highest BCUT2D eigenvalue weighted by Gasteiger charge is 2.11. The third-order valence-electron chi connectivity index (χ3n) is 2.71. The van der Waals surface area contributed by atoms with Crippen LogP contribution in [0.4, 0.5) is 0 Å². The van der Waals surface area contributed by atoms with Crippen LogP contribution < -0.4 is 11.3 Å². The topological polar surface area (TPSA) is 38.0 Å². The molecule has 2 rings (SSSR count). The fourth-order valence-corrected chi connectivity index (χ4v) is 3.23. The van der Waals surface area contributed by atoms with Crippen LogP contribution in [0.5, 0.6) is 0 Å². The SMILES string of the molecule is Cc1ccc(C(Cc2cc(Br)cs2)NN)cc1. The van der Waals surface area contributed by atoms with Crippen molar-refractivity contribution in [3.8, 4) is 0 Å². The fraction of sp³-hybridized carbons (Fsp3) is 0.231. The molecule has 0 amide bonds. The Morgan fingerprint density at radius 3 is 2.59 bits per heavy atom. The van der Waals surface area contributed by atoms with E-state index in [0.29, 0.717) is 0 Å². The molecule has 2 aromatic rings. The fourth-order valence-electron chi connectivity index (χ4n) is 1.73. The molecule has 0 saturated heterocycles. The third-order valence-corrected chi connectivity index (χ3v) is 4.43. The van der Waals surface area contributed by atoms with Crippen molar-refractivity contribution < 1.29 is 0 Å². The summed E-state index contributed by atoms with van der Waals surface area (Å²) in [6, 6.07) is 10.8. The highest BCUT2D eigenvalue weighted by atomic mass is 79.9. The maximum Gasteiger partial charge on any atom is 0.0508 e. The summed E-state index contributed by atoms with van der Waals surface area (Å²) in [5.41, 5.74) is 5.38. The van der Waals surface area contributed by atoms with E-state index in [9.17, 15) is 0 Å². The molecule has 0 bridgehead atoms. The lowest BCUT2D eigenvalue weighted by atomic mass is 10.0. The van der Waals surface area contributed by atoms with Gasteiger partial charge >= 0.3 is 0 Å². The minimum Gasteiger partial charge on any atom is -0.271 e. The van der Waals surface area contributed by atoms with Gasteiger partial charge in [0.1, 0.15) is 0 Å². The molecule has 0 saturated carbocycles. The van der Waals surface area contributed by atoms with Crippen molar-refractivity contribution in [2.75, 3.05) is 0 Å². The van der Waals surface area contributed by atoms with Crippen molar-refractivity contribution in [2.24, 2.45) is 5.84 Å². The number of hydrogen-bond donors (Lipinski definition) is 2. The van der Waals surface area contributed by atoms with E-state index < -0.39 is 0 Å². The molecule has 1 aromatic carbocycles. The van der Waals surface area contributed by atoms with Gasteiger partial charge in [0.2, 0.25) is 0 Å². The lowest BCUT2D eigenvalue weighted by Gasteiger charge is -2.15. The average Bonchev–Trinajstić information content (AvgIpc) is 2.73. The highest BCUT2D eigenvalue weighted by Crippen LogP contribution is 2.25. The van der Waals surface area contributed by atoms with Crippen molar-refractivity contribution in [1.82, 2.24) is 5.43 Å². The highest BCUT2D eigenvalue weighted by molar-refractivity contribution is 9.10. The van der Waals surface area contributed by atoms with Gasteiger partial charge in [0.05, 0.1) is 6.04 Å². The Hall–Kier alpha value is -0.680. The van der Waals surface area contributed by atoms with Gasteiger partial charge in [-0.25, -0.2) is 0 Å². The number of benzene rings is 1. The number of rotatable bonds is 4. The first-order valence-electron chi connectivity index (χ1n) is 5.44. The van der Waals surface area contributed by atoms with Crippen molar-refractivity contribution in [3.63, 3.8) is 0 Å². The summed E-state index contributed by atoms with van der Waals surface area (Å²) < 4.78 is 1.14. The molecule has 2 nitrogen and oxygen atoms in total. The predicted octanol–water partition coefficient (Wildman–Crippen LogP) is 3.57. The smallest absolute Gasteiger partial charge is 0.0508 e. The van der Waals surface area contributed by atoms with Crippen molar-refractivity contribution >= 4 is 27.3 Å². The summed E-state index contributed by atoms with van der Waals surface area (Å²) in [7, 11) is 0. The molecular formula is C13H15BrN2S. The second-order valence-electron chi connectivity index (χ2n) is 4.07. The molecule has 1 aromatic heterocycles. The van der Waals surface area contributed by atoms with Crippen molar-refractivity contribution in [2.45, 2.75) is 19.4 Å². The minimum absolute atomic E-state index is 0.168. The Morgan fingerprint density at radius 1 is 1.35 bits per heavy atom. The second-order valence-corrected chi connectivity index (χ2v) is 5.98. The van der Waals surface area contributed by atoms with Crippen LogP contribution in [-0.2, 0) is 6.42 Å². The van der Waals surface area contributed by atoms with Gasteiger partial charge in [-0.1, -0.05) is 29.8 Å². The lowest BCUT2D eigenvalue weighted by Crippen LogP contribution is -2.29. The van der Waals surface area contributed by atoms with E-state index in [1.165, 1.54) is 16.0 Å². The van der Waals surface area contributed by atoms with Gasteiger partial charge in [-0.3, -0.25) is 11.3 Å². The number of nitrogens with one attached hydrogen (secondary N) is 1. The number of halogens is 1. The van der Waals surface area contributed by atoms with Crippen LogP contribution in [-0.4, -0.2) is 0 Å². The summed E-state index contributed by atoms with van der Waals surface area (Å²) in [5, 5.41) is 2.10. The van der Waals surface area contributed by atoms with Gasteiger partial charge in [-0.2, -0.15) is 0 Å². The van der Waals surface area contributed by atoms with Crippen LogP contribution in [0.3, 0.4) is 0 Å². The Morgan fingerprint density at radius 2 is 2.06 bits per heavy atom. The Bertz CT molecular complexity index is 478. The van der Waals surface area contributed by atoms with Crippen LogP contribution in [0.25, 0.3) is 0 Å². The Kier molecular flexibility index (Phi) is 4.34. The zero-order valence-corrected chi connectivity index (χ0v) is 12.0. The molecule has 0 aliphatic heterocycles. The van der Waals surface area contributed by atoms with Crippen LogP contribution in [0.2, 0.25) is 0 Å². The maximum absolute atomic E-state index is 5.64. The quantitative estimate of drug-likeness (QED) is 0.669. The first-order chi connectivity index (χ1) is 8.19. The van der Waals surface area contributed by atoms with Gasteiger partial charge < -0.3 is 0 Å². The molecule has 0 radical (unpaired) electrons. The van der Waals surface area contributed by atoms with Gasteiger partial charge in [0.15, 0.2) is 0 Å². The number of thiophene rings is 1. The zero-order valence-electron chi connectivity index (χ0n) is 9.61. The molecule has 0 fully saturated rings. The molecule has 1 heterocycles. The van der Waals surface area contributed by atoms with Gasteiger partial charge in [0.25, 0.3) is 0 Å². The molecule has 1 unspecified atom stereocenters. The predicted molar refractivity (Wildman–Crippen MR) is 77.0 cm³/mol. The van der Waals surface area contributed by atoms with Crippen LogP contribution in [0.1, 0.15) is 22.0 Å². The molecule has 4 heteroatoms. The summed E-state index contributed by atoms with van der Waals surface area (Å²) >= 11 is 5.22. The molecule has 1 atom stereocenters. The summed E-state index contributed by atoms with van der Waals surface area (Å²) in [5.74, 6) is 5.64. The van der Waals surface area contributed by atoms with Crippen molar-refractivity contribution in [1.29, 1.82) is 0 Å². The molecular weight excluding hydrogens is 296 g/mol. The number of aryl methyl sites for hydroxylation is 1. The summed E-state index contributed by atoms with van der Waals surface area (Å²) in [4.78, 5) is 1.32. The molecule has 0 aliphatic carbocycles. The summed E-state index contributed by atoms with van der Waals surface area (Å²) in [6.07, 6.45) is 0.913. The normalized spacial score (nSPS) is 12.6. The molecule has 0 aliphatic rings. The zero-order chi connectivity index (χ0) is 12.3. The Balaban J connectivity index is 2.13. The van der Waals surface area contributed by atoms with E-state index in [-0.39, 0.29) is 6.04 Å². The van der Waals surface area contributed by atoms with E-state index in [1.54, 1.807) is 11.3 Å². The van der Waals surface area contributed by atoms with E-state index in [1.807, 2.05) is 0 Å². The number of hydrogen-bond acceptors (Lipinski definition) is 3.